The van der Waals surface area contributed by atoms with Gasteiger partial charge in [0.05, 0.1) is 24.7 Å². The molecule has 1 saturated heterocycles. The quantitative estimate of drug-likeness (QED) is 0.396. The Balaban J connectivity index is 0.00000288. The Hall–Kier alpha value is -0.940. The van der Waals surface area contributed by atoms with E-state index in [2.05, 4.69) is 10.3 Å². The number of aliphatic imine (C=N–C) groups is 1. The largest absolute Gasteiger partial charge is 0.495 e. The highest BCUT2D eigenvalue weighted by Gasteiger charge is 2.34. The van der Waals surface area contributed by atoms with Gasteiger partial charge in [0.15, 0.2) is 5.96 Å². The first-order valence-electron chi connectivity index (χ1n) is 7.00. The normalized spacial score (nSPS) is 19.0. The molecular formula is C14H19ClF3IN4O. The van der Waals surface area contributed by atoms with Crippen LogP contribution in [0.4, 0.5) is 18.9 Å². The average Bonchev–Trinajstić information content (AvgIpc) is 2.83. The monoisotopic (exact) mass is 478 g/mol. The van der Waals surface area contributed by atoms with Gasteiger partial charge in [-0.15, -0.1) is 24.0 Å². The number of methoxy groups -OCH3 is 1. The fourth-order valence-corrected chi connectivity index (χ4v) is 2.69. The van der Waals surface area contributed by atoms with E-state index in [1.54, 1.807) is 18.2 Å². The number of rotatable bonds is 4. The van der Waals surface area contributed by atoms with E-state index in [9.17, 15) is 13.2 Å². The molecule has 1 fully saturated rings. The molecule has 1 aliphatic rings. The molecule has 136 valence electrons. The highest BCUT2D eigenvalue weighted by molar-refractivity contribution is 14.0. The van der Waals surface area contributed by atoms with Crippen molar-refractivity contribution in [1.82, 2.24) is 4.90 Å². The summed E-state index contributed by atoms with van der Waals surface area (Å²) in [5, 5.41) is 3.29. The number of likely N-dealkylation sites (tertiary alicyclic amines) is 1. The summed E-state index contributed by atoms with van der Waals surface area (Å²) >= 11 is 6.01. The van der Waals surface area contributed by atoms with E-state index in [1.165, 1.54) is 12.0 Å². The van der Waals surface area contributed by atoms with Crippen LogP contribution in [0.25, 0.3) is 0 Å². The fourth-order valence-electron chi connectivity index (χ4n) is 2.44. The zero-order valence-electron chi connectivity index (χ0n) is 12.9. The molecule has 0 aromatic heterocycles. The molecule has 1 unspecified atom stereocenters. The van der Waals surface area contributed by atoms with Crippen LogP contribution in [0.15, 0.2) is 23.2 Å². The second kappa shape index (κ2) is 8.95. The van der Waals surface area contributed by atoms with Crippen molar-refractivity contribution in [2.24, 2.45) is 10.7 Å². The molecule has 5 nitrogen and oxygen atoms in total. The third-order valence-corrected chi connectivity index (χ3v) is 3.69. The molecular weight excluding hydrogens is 460 g/mol. The number of nitrogens with zero attached hydrogens (tertiary/aromatic N) is 2. The molecule has 1 atom stereocenters. The second-order valence-corrected chi connectivity index (χ2v) is 5.69. The van der Waals surface area contributed by atoms with Gasteiger partial charge in [0, 0.05) is 18.8 Å². The number of nitrogens with one attached hydrogen (secondary N) is 1. The Morgan fingerprint density at radius 3 is 2.79 bits per heavy atom. The first-order chi connectivity index (χ1) is 10.8. The number of benzene rings is 1. The molecule has 0 spiro atoms. The lowest BCUT2D eigenvalue weighted by atomic mass is 10.3. The van der Waals surface area contributed by atoms with Gasteiger partial charge in [-0.05, 0) is 24.6 Å². The van der Waals surface area contributed by atoms with E-state index in [0.717, 1.165) is 0 Å². The van der Waals surface area contributed by atoms with Crippen LogP contribution in [0.5, 0.6) is 5.75 Å². The van der Waals surface area contributed by atoms with Crippen LogP contribution in [0.3, 0.4) is 0 Å². The number of hydrogen-bond donors (Lipinski definition) is 2. The van der Waals surface area contributed by atoms with Crippen molar-refractivity contribution in [3.8, 4) is 5.75 Å². The third-order valence-electron chi connectivity index (χ3n) is 3.40. The molecule has 1 heterocycles. The van der Waals surface area contributed by atoms with E-state index in [1.807, 2.05) is 0 Å². The number of alkyl halides is 3. The molecule has 0 saturated carbocycles. The van der Waals surface area contributed by atoms with Gasteiger partial charge in [-0.25, -0.2) is 4.99 Å². The number of halogens is 5. The molecule has 2 rings (SSSR count). The zero-order valence-corrected chi connectivity index (χ0v) is 16.0. The van der Waals surface area contributed by atoms with Crippen LogP contribution in [0, 0.1) is 0 Å². The van der Waals surface area contributed by atoms with Crippen molar-refractivity contribution in [2.75, 3.05) is 32.1 Å². The van der Waals surface area contributed by atoms with Crippen molar-refractivity contribution in [1.29, 1.82) is 0 Å². The van der Waals surface area contributed by atoms with Gasteiger partial charge in [0.1, 0.15) is 5.75 Å². The summed E-state index contributed by atoms with van der Waals surface area (Å²) in [6.07, 6.45) is -3.65. The van der Waals surface area contributed by atoms with Gasteiger partial charge in [-0.3, -0.25) is 4.90 Å². The van der Waals surface area contributed by atoms with Gasteiger partial charge in [-0.1, -0.05) is 11.6 Å². The van der Waals surface area contributed by atoms with Gasteiger partial charge >= 0.3 is 6.18 Å². The summed E-state index contributed by atoms with van der Waals surface area (Å²) in [4.78, 5) is 5.55. The maximum absolute atomic E-state index is 12.3. The van der Waals surface area contributed by atoms with E-state index in [-0.39, 0.29) is 42.5 Å². The topological polar surface area (TPSA) is 62.9 Å². The predicted molar refractivity (Wildman–Crippen MR) is 99.6 cm³/mol. The number of anilines is 1. The van der Waals surface area contributed by atoms with Crippen molar-refractivity contribution in [2.45, 2.75) is 18.6 Å². The molecule has 1 aromatic rings. The first kappa shape index (κ1) is 21.1. The molecule has 0 bridgehead atoms. The second-order valence-electron chi connectivity index (χ2n) is 5.28. The standard InChI is InChI=1S/C14H18ClF3N4O.HI/c1-23-12-3-2-9(6-11(12)15)20-13(19)21-10-4-5-22(7-10)8-14(16,17)18;/h2-3,6,10H,4-5,7-8H2,1H3,(H3,19,20,21);1H. The van der Waals surface area contributed by atoms with Gasteiger partial charge in [0.25, 0.3) is 0 Å². The highest BCUT2D eigenvalue weighted by atomic mass is 127. The fraction of sp³-hybridized carbons (Fsp3) is 0.500. The summed E-state index contributed by atoms with van der Waals surface area (Å²) in [5.41, 5.74) is 6.43. The lowest BCUT2D eigenvalue weighted by Crippen LogP contribution is -2.33. The third kappa shape index (κ3) is 6.52. The lowest BCUT2D eigenvalue weighted by Gasteiger charge is -2.17. The van der Waals surface area contributed by atoms with Crippen molar-refractivity contribution < 1.29 is 17.9 Å². The Kier molecular flexibility index (Phi) is 7.87. The van der Waals surface area contributed by atoms with Crippen molar-refractivity contribution in [3.05, 3.63) is 23.2 Å². The number of hydrogen-bond acceptors (Lipinski definition) is 3. The Morgan fingerprint density at radius 1 is 1.50 bits per heavy atom. The number of guanidine groups is 1. The molecule has 0 radical (unpaired) electrons. The van der Waals surface area contributed by atoms with E-state index in [4.69, 9.17) is 22.1 Å². The molecule has 10 heteroatoms. The molecule has 1 aromatic carbocycles. The maximum Gasteiger partial charge on any atom is 0.401 e. The Bertz CT molecular complexity index is 586. The van der Waals surface area contributed by atoms with Crippen LogP contribution in [0.2, 0.25) is 5.02 Å². The van der Waals surface area contributed by atoms with Crippen molar-refractivity contribution >= 4 is 47.2 Å². The minimum atomic E-state index is -4.19. The van der Waals surface area contributed by atoms with Crippen LogP contribution >= 0.6 is 35.6 Å². The van der Waals surface area contributed by atoms with E-state index in [0.29, 0.717) is 29.4 Å². The summed E-state index contributed by atoms with van der Waals surface area (Å²) < 4.78 is 42.1. The van der Waals surface area contributed by atoms with Crippen LogP contribution < -0.4 is 15.8 Å². The molecule has 1 aliphatic heterocycles. The van der Waals surface area contributed by atoms with E-state index < -0.39 is 12.7 Å². The summed E-state index contributed by atoms with van der Waals surface area (Å²) in [6, 6.07) is 4.78. The number of nitrogens with two attached hydrogens (primary N) is 1. The molecule has 3 N–H and O–H groups in total. The first-order valence-corrected chi connectivity index (χ1v) is 7.37. The zero-order chi connectivity index (χ0) is 17.0. The molecule has 24 heavy (non-hydrogen) atoms. The molecule has 0 amide bonds. The Morgan fingerprint density at radius 2 is 2.21 bits per heavy atom. The van der Waals surface area contributed by atoms with Gasteiger partial charge < -0.3 is 15.8 Å². The van der Waals surface area contributed by atoms with Crippen LogP contribution in [-0.4, -0.2) is 49.8 Å². The van der Waals surface area contributed by atoms with Gasteiger partial charge in [0.2, 0.25) is 0 Å². The van der Waals surface area contributed by atoms with Gasteiger partial charge in [-0.2, -0.15) is 13.2 Å². The highest BCUT2D eigenvalue weighted by Crippen LogP contribution is 2.27. The average molecular weight is 479 g/mol. The lowest BCUT2D eigenvalue weighted by molar-refractivity contribution is -0.143. The number of ether oxygens (including phenoxy) is 1. The van der Waals surface area contributed by atoms with Crippen LogP contribution in [-0.2, 0) is 0 Å². The summed E-state index contributed by atoms with van der Waals surface area (Å²) in [5.74, 6) is 0.677. The summed E-state index contributed by atoms with van der Waals surface area (Å²) in [6.45, 7) is -0.318. The maximum atomic E-state index is 12.3. The van der Waals surface area contributed by atoms with Crippen LogP contribution in [0.1, 0.15) is 6.42 Å². The summed E-state index contributed by atoms with van der Waals surface area (Å²) in [7, 11) is 1.51. The minimum Gasteiger partial charge on any atom is -0.495 e. The van der Waals surface area contributed by atoms with Crippen molar-refractivity contribution in [3.63, 3.8) is 0 Å². The SMILES string of the molecule is COc1ccc(NC(N)=NC2CCN(CC(F)(F)F)C2)cc1Cl.I. The smallest absolute Gasteiger partial charge is 0.401 e. The predicted octanol–water partition coefficient (Wildman–Crippen LogP) is 3.33. The Labute approximate surface area is 160 Å². The molecule has 0 aliphatic carbocycles. The minimum absolute atomic E-state index is 0. The van der Waals surface area contributed by atoms with E-state index >= 15 is 0 Å².